The molecule has 4 aromatic rings. The van der Waals surface area contributed by atoms with Gasteiger partial charge >= 0.3 is 0 Å². The van der Waals surface area contributed by atoms with Gasteiger partial charge in [-0.25, -0.2) is 0 Å². The molecule has 0 aromatic heterocycles. The maximum atomic E-state index is 7.11. The van der Waals surface area contributed by atoms with Crippen molar-refractivity contribution in [3.8, 4) is 0 Å². The first-order valence-corrected chi connectivity index (χ1v) is 13.2. The lowest BCUT2D eigenvalue weighted by atomic mass is 9.86. The summed E-state index contributed by atoms with van der Waals surface area (Å²) in [6.07, 6.45) is 3.52. The lowest BCUT2D eigenvalue weighted by Crippen LogP contribution is -2.40. The lowest BCUT2D eigenvalue weighted by molar-refractivity contribution is -0.224. The summed E-state index contributed by atoms with van der Waals surface area (Å²) >= 11 is 27.7. The number of hydrogen-bond acceptors (Lipinski definition) is 2. The zero-order valence-electron chi connectivity index (χ0n) is 19.4. The Bertz CT molecular complexity index is 1420. The molecule has 0 bridgehead atoms. The third-order valence-corrected chi connectivity index (χ3v) is 8.23. The minimum Gasteiger partial charge on any atom is -0.321 e. The van der Waals surface area contributed by atoms with Crippen LogP contribution in [0.1, 0.15) is 22.3 Å². The molecule has 0 aliphatic carbocycles. The molecule has 2 heterocycles. The van der Waals surface area contributed by atoms with E-state index in [-0.39, 0.29) is 0 Å². The van der Waals surface area contributed by atoms with E-state index in [0.717, 1.165) is 11.1 Å². The van der Waals surface area contributed by atoms with E-state index in [1.54, 1.807) is 12.2 Å². The molecule has 2 atom stereocenters. The number of halogens is 4. The number of ether oxygens (including phenoxy) is 2. The van der Waals surface area contributed by atoms with Crippen LogP contribution in [0.15, 0.2) is 131 Å². The number of hydrogen-bond donors (Lipinski definition) is 0. The highest BCUT2D eigenvalue weighted by Gasteiger charge is 2.60. The summed E-state index contributed by atoms with van der Waals surface area (Å²) in [6, 6.07) is 34.4. The highest BCUT2D eigenvalue weighted by Crippen LogP contribution is 2.60. The van der Waals surface area contributed by atoms with E-state index in [4.69, 9.17) is 55.9 Å². The Morgan fingerprint density at radius 1 is 0.432 bits per heavy atom. The SMILES string of the molecule is ClC1=CC2(C=C(Cl)[C@](c3ccccc3)(c3ccccc3Cl)O2)O[C@@]1(c1ccccc1)c1ccccc1Cl. The van der Waals surface area contributed by atoms with Crippen LogP contribution < -0.4 is 0 Å². The van der Waals surface area contributed by atoms with Crippen molar-refractivity contribution in [3.63, 3.8) is 0 Å². The average molecular weight is 566 g/mol. The quantitative estimate of drug-likeness (QED) is 0.245. The van der Waals surface area contributed by atoms with Crippen molar-refractivity contribution >= 4 is 46.4 Å². The topological polar surface area (TPSA) is 18.5 Å². The summed E-state index contributed by atoms with van der Waals surface area (Å²) in [5.41, 5.74) is 0.575. The Labute approximate surface area is 235 Å². The second-order valence-corrected chi connectivity index (χ2v) is 10.6. The summed E-state index contributed by atoms with van der Waals surface area (Å²) in [5.74, 6) is -1.40. The molecule has 0 radical (unpaired) electrons. The van der Waals surface area contributed by atoms with E-state index in [2.05, 4.69) is 0 Å². The molecule has 6 rings (SSSR count). The van der Waals surface area contributed by atoms with Gasteiger partial charge in [0.05, 0.1) is 10.1 Å². The highest BCUT2D eigenvalue weighted by molar-refractivity contribution is 6.34. The van der Waals surface area contributed by atoms with E-state index in [0.29, 0.717) is 31.2 Å². The fourth-order valence-electron chi connectivity index (χ4n) is 5.22. The first kappa shape index (κ1) is 24.8. The van der Waals surface area contributed by atoms with Gasteiger partial charge in [-0.1, -0.05) is 143 Å². The Morgan fingerprint density at radius 2 is 0.784 bits per heavy atom. The maximum Gasteiger partial charge on any atom is 0.214 e. The summed E-state index contributed by atoms with van der Waals surface area (Å²) in [4.78, 5) is 0. The van der Waals surface area contributed by atoms with Crippen molar-refractivity contribution < 1.29 is 9.47 Å². The zero-order chi connectivity index (χ0) is 25.7. The van der Waals surface area contributed by atoms with E-state index in [9.17, 15) is 0 Å². The second-order valence-electron chi connectivity index (χ2n) is 8.96. The normalized spacial score (nSPS) is 24.2. The van der Waals surface area contributed by atoms with Crippen LogP contribution in [0, 0.1) is 0 Å². The molecule has 0 unspecified atom stereocenters. The number of benzene rings is 4. The molecule has 0 saturated heterocycles. The van der Waals surface area contributed by atoms with Crippen LogP contribution in [0.3, 0.4) is 0 Å². The predicted molar refractivity (Wildman–Crippen MR) is 150 cm³/mol. The molecule has 2 aliphatic heterocycles. The molecule has 0 saturated carbocycles. The maximum absolute atomic E-state index is 7.11. The fraction of sp³-hybridized carbons (Fsp3) is 0.0968. The van der Waals surface area contributed by atoms with Gasteiger partial charge in [0.1, 0.15) is 0 Å². The van der Waals surface area contributed by atoms with Gasteiger partial charge in [-0.05, 0) is 35.4 Å². The third kappa shape index (κ3) is 3.79. The Kier molecular flexibility index (Phi) is 6.24. The van der Waals surface area contributed by atoms with Gasteiger partial charge in [-0.3, -0.25) is 0 Å². The van der Waals surface area contributed by atoms with Crippen molar-refractivity contribution in [1.29, 1.82) is 0 Å². The lowest BCUT2D eigenvalue weighted by Gasteiger charge is -2.38. The van der Waals surface area contributed by atoms with Crippen LogP contribution in [0.2, 0.25) is 10.0 Å². The van der Waals surface area contributed by atoms with Gasteiger partial charge < -0.3 is 9.47 Å². The molecule has 184 valence electrons. The first-order valence-electron chi connectivity index (χ1n) is 11.7. The molecule has 4 aromatic carbocycles. The van der Waals surface area contributed by atoms with Crippen molar-refractivity contribution in [3.05, 3.63) is 164 Å². The van der Waals surface area contributed by atoms with E-state index in [1.807, 2.05) is 109 Å². The average Bonchev–Trinajstić information content (AvgIpc) is 3.37. The molecule has 37 heavy (non-hydrogen) atoms. The van der Waals surface area contributed by atoms with E-state index in [1.165, 1.54) is 0 Å². The van der Waals surface area contributed by atoms with Gasteiger partial charge in [0.25, 0.3) is 0 Å². The first-order chi connectivity index (χ1) is 17.9. The molecule has 2 aliphatic rings. The van der Waals surface area contributed by atoms with Crippen LogP contribution in [0.25, 0.3) is 0 Å². The van der Waals surface area contributed by atoms with Crippen molar-refractivity contribution in [1.82, 2.24) is 0 Å². The predicted octanol–water partition coefficient (Wildman–Crippen LogP) is 9.18. The largest absolute Gasteiger partial charge is 0.321 e. The van der Waals surface area contributed by atoms with Gasteiger partial charge in [0, 0.05) is 21.2 Å². The second kappa shape index (κ2) is 9.32. The van der Waals surface area contributed by atoms with E-state index < -0.39 is 17.0 Å². The zero-order valence-corrected chi connectivity index (χ0v) is 22.4. The molecular weight excluding hydrogens is 546 g/mol. The molecule has 6 heteroatoms. The van der Waals surface area contributed by atoms with Gasteiger partial charge in [0.15, 0.2) is 11.2 Å². The van der Waals surface area contributed by atoms with Gasteiger partial charge in [-0.2, -0.15) is 0 Å². The molecule has 0 N–H and O–H groups in total. The van der Waals surface area contributed by atoms with Crippen LogP contribution in [-0.4, -0.2) is 5.79 Å². The summed E-state index contributed by atoms with van der Waals surface area (Å²) < 4.78 is 13.9. The van der Waals surface area contributed by atoms with Crippen molar-refractivity contribution in [2.45, 2.75) is 17.0 Å². The Morgan fingerprint density at radius 3 is 1.16 bits per heavy atom. The Balaban J connectivity index is 1.56. The van der Waals surface area contributed by atoms with Gasteiger partial charge in [-0.15, -0.1) is 0 Å². The molecule has 0 amide bonds. The minimum atomic E-state index is -1.40. The molecule has 0 fully saturated rings. The molecule has 2 nitrogen and oxygen atoms in total. The van der Waals surface area contributed by atoms with Crippen LogP contribution in [0.5, 0.6) is 0 Å². The van der Waals surface area contributed by atoms with E-state index >= 15 is 0 Å². The monoisotopic (exact) mass is 564 g/mol. The standard InChI is InChI=1S/C31H20Cl4O2/c32-25-17-9-7-15-23(25)30(21-11-3-1-4-12-21)27(34)19-29(36-30)20-28(35)31(37-29,22-13-5-2-6-14-22)24-16-8-10-18-26(24)33/h1-20H/t29?,30-,31-/m0/s1. The number of rotatable bonds is 4. The molecular formula is C31H20Cl4O2. The van der Waals surface area contributed by atoms with Crippen LogP contribution in [0.4, 0.5) is 0 Å². The minimum absolute atomic E-state index is 0.413. The fourth-order valence-corrected chi connectivity index (χ4v) is 6.56. The van der Waals surface area contributed by atoms with Crippen LogP contribution >= 0.6 is 46.4 Å². The van der Waals surface area contributed by atoms with Gasteiger partial charge in [0.2, 0.25) is 5.79 Å². The van der Waals surface area contributed by atoms with Crippen molar-refractivity contribution in [2.24, 2.45) is 0 Å². The van der Waals surface area contributed by atoms with Crippen molar-refractivity contribution in [2.75, 3.05) is 0 Å². The Hall–Kier alpha value is -2.56. The highest BCUT2D eigenvalue weighted by atomic mass is 35.5. The summed E-state index contributed by atoms with van der Waals surface area (Å²) in [7, 11) is 0. The summed E-state index contributed by atoms with van der Waals surface area (Å²) in [6.45, 7) is 0. The molecule has 1 spiro atoms. The van der Waals surface area contributed by atoms with Crippen LogP contribution in [-0.2, 0) is 20.7 Å². The smallest absolute Gasteiger partial charge is 0.214 e. The third-order valence-electron chi connectivity index (χ3n) is 6.82. The summed E-state index contributed by atoms with van der Waals surface area (Å²) in [5, 5.41) is 1.86.